The third-order valence-electron chi connectivity index (χ3n) is 3.16. The molecule has 20 heavy (non-hydrogen) atoms. The summed E-state index contributed by atoms with van der Waals surface area (Å²) in [6.45, 7) is 2.70. The van der Waals surface area contributed by atoms with Crippen molar-refractivity contribution in [2.45, 2.75) is 13.0 Å². The molecule has 0 fully saturated rings. The van der Waals surface area contributed by atoms with Crippen LogP contribution < -0.4 is 10.6 Å². The van der Waals surface area contributed by atoms with Crippen LogP contribution >= 0.6 is 0 Å². The van der Waals surface area contributed by atoms with Gasteiger partial charge in [-0.05, 0) is 26.1 Å². The van der Waals surface area contributed by atoms with Crippen LogP contribution in [0.3, 0.4) is 0 Å². The Kier molecular flexibility index (Phi) is 4.24. The molecule has 0 aliphatic carbocycles. The second kappa shape index (κ2) is 5.76. The van der Waals surface area contributed by atoms with Gasteiger partial charge in [0, 0.05) is 25.3 Å². The van der Waals surface area contributed by atoms with Crippen LogP contribution in [0, 0.1) is 0 Å². The van der Waals surface area contributed by atoms with Gasteiger partial charge in [-0.1, -0.05) is 0 Å². The second-order valence-electron chi connectivity index (χ2n) is 4.72. The molecule has 1 amide bonds. The maximum atomic E-state index is 12.1. The van der Waals surface area contributed by atoms with E-state index >= 15 is 0 Å². The molecule has 0 aromatic carbocycles. The monoisotopic (exact) mass is 298 g/mol. The Bertz CT molecular complexity index is 592. The summed E-state index contributed by atoms with van der Waals surface area (Å²) in [6.07, 6.45) is 5.02. The molecule has 7 nitrogen and oxygen atoms in total. The number of allylic oxidation sites excluding steroid dienone is 2. The SMILES string of the molecule is CNC(C)CNC(=O)C1=CC=CN2CCS(=O)(=O)N=C12. The first-order chi connectivity index (χ1) is 9.43. The van der Waals surface area contributed by atoms with E-state index in [1.807, 2.05) is 6.92 Å². The van der Waals surface area contributed by atoms with E-state index in [0.717, 1.165) is 0 Å². The van der Waals surface area contributed by atoms with E-state index in [-0.39, 0.29) is 29.1 Å². The number of sulfonamides is 1. The number of rotatable bonds is 4. The van der Waals surface area contributed by atoms with Gasteiger partial charge in [-0.15, -0.1) is 4.40 Å². The highest BCUT2D eigenvalue weighted by Crippen LogP contribution is 2.17. The molecule has 0 radical (unpaired) electrons. The number of amidine groups is 1. The molecule has 0 spiro atoms. The number of carbonyl (C=O) groups excluding carboxylic acids is 1. The van der Waals surface area contributed by atoms with Crippen molar-refractivity contribution in [1.82, 2.24) is 15.5 Å². The van der Waals surface area contributed by atoms with Crippen LogP contribution in [-0.4, -0.2) is 57.0 Å². The number of hydrogen-bond acceptors (Lipinski definition) is 5. The lowest BCUT2D eigenvalue weighted by atomic mass is 10.1. The molecular formula is C12H18N4O3S. The van der Waals surface area contributed by atoms with E-state index in [1.165, 1.54) is 0 Å². The number of fused-ring (bicyclic) bond motifs is 1. The van der Waals surface area contributed by atoms with Gasteiger partial charge >= 0.3 is 0 Å². The van der Waals surface area contributed by atoms with Gasteiger partial charge in [-0.2, -0.15) is 0 Å². The molecule has 0 saturated heterocycles. The van der Waals surface area contributed by atoms with Crippen molar-refractivity contribution in [2.75, 3.05) is 25.9 Å². The van der Waals surface area contributed by atoms with E-state index in [1.54, 1.807) is 30.3 Å². The van der Waals surface area contributed by atoms with Crippen molar-refractivity contribution in [1.29, 1.82) is 0 Å². The summed E-state index contributed by atoms with van der Waals surface area (Å²) in [5.41, 5.74) is 0.277. The number of nitrogens with zero attached hydrogens (tertiary/aromatic N) is 2. The van der Waals surface area contributed by atoms with Crippen LogP contribution in [0.1, 0.15) is 6.92 Å². The number of carbonyl (C=O) groups is 1. The molecule has 2 N–H and O–H groups in total. The summed E-state index contributed by atoms with van der Waals surface area (Å²) in [5.74, 6) is -0.155. The van der Waals surface area contributed by atoms with Crippen LogP contribution in [0.4, 0.5) is 0 Å². The zero-order valence-electron chi connectivity index (χ0n) is 11.5. The standard InChI is InChI=1S/C12H18N4O3S/c1-9(13-2)8-14-12(17)10-4-3-5-16-6-7-20(18,19)15-11(10)16/h3-5,9,13H,6-8H2,1-2H3,(H,14,17). The van der Waals surface area contributed by atoms with Crippen LogP contribution in [0.15, 0.2) is 28.3 Å². The minimum Gasteiger partial charge on any atom is -0.350 e. The fourth-order valence-corrected chi connectivity index (χ4v) is 2.82. The topological polar surface area (TPSA) is 90.9 Å². The van der Waals surface area contributed by atoms with Crippen LogP contribution in [0.25, 0.3) is 0 Å². The lowest BCUT2D eigenvalue weighted by Crippen LogP contribution is -2.44. The Hall–Kier alpha value is -1.67. The molecular weight excluding hydrogens is 280 g/mol. The van der Waals surface area contributed by atoms with Gasteiger partial charge in [-0.25, -0.2) is 8.42 Å². The van der Waals surface area contributed by atoms with Crippen LogP contribution in [0.2, 0.25) is 0 Å². The van der Waals surface area contributed by atoms with Crippen LogP contribution in [-0.2, 0) is 14.8 Å². The highest BCUT2D eigenvalue weighted by Gasteiger charge is 2.29. The maximum absolute atomic E-state index is 12.1. The lowest BCUT2D eigenvalue weighted by Gasteiger charge is -2.28. The van der Waals surface area contributed by atoms with Gasteiger partial charge in [-0.3, -0.25) is 4.79 Å². The van der Waals surface area contributed by atoms with Gasteiger partial charge in [0.2, 0.25) is 0 Å². The van der Waals surface area contributed by atoms with Crippen molar-refractivity contribution in [3.05, 3.63) is 23.9 Å². The Morgan fingerprint density at radius 2 is 2.30 bits per heavy atom. The first-order valence-electron chi connectivity index (χ1n) is 6.36. The Morgan fingerprint density at radius 1 is 1.55 bits per heavy atom. The van der Waals surface area contributed by atoms with E-state index < -0.39 is 10.0 Å². The quantitative estimate of drug-likeness (QED) is 0.710. The van der Waals surface area contributed by atoms with Gasteiger partial charge in [0.05, 0.1) is 11.3 Å². The zero-order chi connectivity index (χ0) is 14.8. The molecule has 1 atom stereocenters. The van der Waals surface area contributed by atoms with Crippen molar-refractivity contribution >= 4 is 21.8 Å². The average molecular weight is 298 g/mol. The predicted molar refractivity (Wildman–Crippen MR) is 76.7 cm³/mol. The van der Waals surface area contributed by atoms with E-state index in [2.05, 4.69) is 15.0 Å². The number of likely N-dealkylation sites (N-methyl/N-ethyl adjacent to an activating group) is 1. The van der Waals surface area contributed by atoms with Crippen LogP contribution in [0.5, 0.6) is 0 Å². The maximum Gasteiger partial charge on any atom is 0.256 e. The minimum absolute atomic E-state index is 0.0352. The first kappa shape index (κ1) is 14.7. The van der Waals surface area contributed by atoms with Gasteiger partial charge in [0.15, 0.2) is 5.84 Å². The Morgan fingerprint density at radius 3 is 3.00 bits per heavy atom. The summed E-state index contributed by atoms with van der Waals surface area (Å²) in [5, 5.41) is 5.77. The van der Waals surface area contributed by atoms with Crippen molar-refractivity contribution in [2.24, 2.45) is 4.40 Å². The van der Waals surface area contributed by atoms with Gasteiger partial charge in [0.25, 0.3) is 15.9 Å². The van der Waals surface area contributed by atoms with Crippen molar-refractivity contribution in [3.63, 3.8) is 0 Å². The van der Waals surface area contributed by atoms with Crippen molar-refractivity contribution in [3.8, 4) is 0 Å². The number of nitrogens with one attached hydrogen (secondary N) is 2. The summed E-state index contributed by atoms with van der Waals surface area (Å²) in [4.78, 5) is 13.8. The normalized spacial score (nSPS) is 21.6. The van der Waals surface area contributed by atoms with Gasteiger partial charge in [0.1, 0.15) is 0 Å². The average Bonchev–Trinajstić information content (AvgIpc) is 2.42. The molecule has 0 aromatic rings. The van der Waals surface area contributed by atoms with E-state index in [9.17, 15) is 13.2 Å². The fourth-order valence-electron chi connectivity index (χ4n) is 1.84. The second-order valence-corrected chi connectivity index (χ2v) is 6.47. The first-order valence-corrected chi connectivity index (χ1v) is 7.97. The summed E-state index contributed by atoms with van der Waals surface area (Å²) < 4.78 is 26.9. The highest BCUT2D eigenvalue weighted by molar-refractivity contribution is 7.90. The molecule has 0 saturated carbocycles. The van der Waals surface area contributed by atoms with E-state index in [0.29, 0.717) is 13.1 Å². The molecule has 2 rings (SSSR count). The smallest absolute Gasteiger partial charge is 0.256 e. The number of hydrogen-bond donors (Lipinski definition) is 2. The van der Waals surface area contributed by atoms with E-state index in [4.69, 9.17) is 0 Å². The molecule has 0 bridgehead atoms. The molecule has 2 aliphatic heterocycles. The minimum atomic E-state index is -3.48. The third kappa shape index (κ3) is 3.26. The lowest BCUT2D eigenvalue weighted by molar-refractivity contribution is -0.117. The summed E-state index contributed by atoms with van der Waals surface area (Å²) >= 11 is 0. The zero-order valence-corrected chi connectivity index (χ0v) is 12.3. The molecule has 2 aliphatic rings. The number of amides is 1. The molecule has 110 valence electrons. The molecule has 8 heteroatoms. The third-order valence-corrected chi connectivity index (χ3v) is 4.31. The largest absolute Gasteiger partial charge is 0.350 e. The Balaban J connectivity index is 2.18. The fraction of sp³-hybridized carbons (Fsp3) is 0.500. The molecule has 0 aromatic heterocycles. The van der Waals surface area contributed by atoms with Crippen molar-refractivity contribution < 1.29 is 13.2 Å². The predicted octanol–water partition coefficient (Wildman–Crippen LogP) is -0.792. The Labute approximate surface area is 118 Å². The molecule has 1 unspecified atom stereocenters. The summed E-state index contributed by atoms with van der Waals surface area (Å²) in [6, 6.07) is 0.131. The highest BCUT2D eigenvalue weighted by atomic mass is 32.2. The van der Waals surface area contributed by atoms with Gasteiger partial charge < -0.3 is 15.5 Å². The summed E-state index contributed by atoms with van der Waals surface area (Å²) in [7, 11) is -1.67. The molecule has 2 heterocycles.